The lowest BCUT2D eigenvalue weighted by molar-refractivity contribution is 0.112. The normalized spacial score (nSPS) is 10.2. The van der Waals surface area contributed by atoms with E-state index in [1.54, 1.807) is 17.5 Å². The molecule has 0 radical (unpaired) electrons. The average Bonchev–Trinajstić information content (AvgIpc) is 2.63. The molecular weight excluding hydrogens is 184 g/mol. The smallest absolute Gasteiger partial charge is 0.153 e. The standard InChI is InChI=1S/C9H8N2OS/c1-10-8-6(5-12)4-11-7-2-3-13-9(7)8/h2-5H,1H3,(H,10,11). The van der Waals surface area contributed by atoms with Crippen LogP contribution in [0.2, 0.25) is 0 Å². The van der Waals surface area contributed by atoms with Crippen LogP contribution in [0.1, 0.15) is 10.4 Å². The molecule has 0 fully saturated rings. The van der Waals surface area contributed by atoms with E-state index >= 15 is 0 Å². The van der Waals surface area contributed by atoms with Crippen LogP contribution in [-0.2, 0) is 0 Å². The topological polar surface area (TPSA) is 42.0 Å². The van der Waals surface area contributed by atoms with E-state index in [0.717, 1.165) is 22.2 Å². The molecule has 2 heterocycles. The van der Waals surface area contributed by atoms with Gasteiger partial charge < -0.3 is 5.32 Å². The highest BCUT2D eigenvalue weighted by atomic mass is 32.1. The minimum atomic E-state index is 0.609. The molecule has 0 aromatic carbocycles. The Kier molecular flexibility index (Phi) is 1.98. The van der Waals surface area contributed by atoms with Crippen LogP contribution in [0.5, 0.6) is 0 Å². The Morgan fingerprint density at radius 3 is 3.15 bits per heavy atom. The molecule has 66 valence electrons. The van der Waals surface area contributed by atoms with Crippen LogP contribution < -0.4 is 5.32 Å². The fourth-order valence-electron chi connectivity index (χ4n) is 1.27. The van der Waals surface area contributed by atoms with E-state index in [-0.39, 0.29) is 0 Å². The summed E-state index contributed by atoms with van der Waals surface area (Å²) in [5.41, 5.74) is 2.41. The van der Waals surface area contributed by atoms with Gasteiger partial charge in [0, 0.05) is 13.2 Å². The van der Waals surface area contributed by atoms with Crippen molar-refractivity contribution in [3.8, 4) is 0 Å². The Labute approximate surface area is 79.4 Å². The molecular formula is C9H8N2OS. The minimum absolute atomic E-state index is 0.609. The van der Waals surface area contributed by atoms with Crippen LogP contribution in [0.4, 0.5) is 5.69 Å². The lowest BCUT2D eigenvalue weighted by Crippen LogP contribution is -1.95. The molecule has 4 heteroatoms. The van der Waals surface area contributed by atoms with Gasteiger partial charge in [0.05, 0.1) is 21.5 Å². The summed E-state index contributed by atoms with van der Waals surface area (Å²) in [7, 11) is 1.81. The highest BCUT2D eigenvalue weighted by Crippen LogP contribution is 2.28. The summed E-state index contributed by atoms with van der Waals surface area (Å²) in [6, 6.07) is 1.94. The number of pyridine rings is 1. The molecule has 13 heavy (non-hydrogen) atoms. The van der Waals surface area contributed by atoms with E-state index in [2.05, 4.69) is 10.3 Å². The number of carbonyl (C=O) groups excluding carboxylic acids is 1. The Balaban J connectivity index is 2.81. The first-order chi connectivity index (χ1) is 6.36. The number of carbonyl (C=O) groups is 1. The lowest BCUT2D eigenvalue weighted by Gasteiger charge is -2.03. The molecule has 0 aliphatic rings. The first kappa shape index (κ1) is 8.19. The zero-order valence-electron chi connectivity index (χ0n) is 7.07. The molecule has 3 nitrogen and oxygen atoms in total. The number of hydrogen-bond donors (Lipinski definition) is 1. The number of nitrogens with zero attached hydrogens (tertiary/aromatic N) is 1. The van der Waals surface area contributed by atoms with Crippen LogP contribution in [0, 0.1) is 0 Å². The van der Waals surface area contributed by atoms with E-state index in [1.165, 1.54) is 0 Å². The number of fused-ring (bicyclic) bond motifs is 1. The van der Waals surface area contributed by atoms with Gasteiger partial charge in [-0.1, -0.05) is 0 Å². The van der Waals surface area contributed by atoms with Gasteiger partial charge in [-0.3, -0.25) is 9.78 Å². The van der Waals surface area contributed by atoms with Crippen LogP contribution in [0.15, 0.2) is 17.6 Å². The summed E-state index contributed by atoms with van der Waals surface area (Å²) in [5, 5.41) is 4.98. The quantitative estimate of drug-likeness (QED) is 0.741. The van der Waals surface area contributed by atoms with Crippen molar-refractivity contribution in [2.45, 2.75) is 0 Å². The van der Waals surface area contributed by atoms with Gasteiger partial charge in [0.1, 0.15) is 0 Å². The van der Waals surface area contributed by atoms with E-state index in [4.69, 9.17) is 0 Å². The van der Waals surface area contributed by atoms with Crippen molar-refractivity contribution < 1.29 is 4.79 Å². The number of aromatic nitrogens is 1. The number of nitrogens with one attached hydrogen (secondary N) is 1. The van der Waals surface area contributed by atoms with Gasteiger partial charge in [-0.15, -0.1) is 11.3 Å². The van der Waals surface area contributed by atoms with Crippen molar-refractivity contribution in [3.63, 3.8) is 0 Å². The summed E-state index contributed by atoms with van der Waals surface area (Å²) in [5.74, 6) is 0. The third kappa shape index (κ3) is 1.19. The molecule has 0 atom stereocenters. The average molecular weight is 192 g/mol. The number of anilines is 1. The highest BCUT2D eigenvalue weighted by Gasteiger charge is 2.06. The number of hydrogen-bond acceptors (Lipinski definition) is 4. The zero-order valence-corrected chi connectivity index (χ0v) is 7.89. The van der Waals surface area contributed by atoms with Crippen LogP contribution in [0.3, 0.4) is 0 Å². The maximum atomic E-state index is 10.7. The molecule has 0 aliphatic carbocycles. The highest BCUT2D eigenvalue weighted by molar-refractivity contribution is 7.17. The second kappa shape index (κ2) is 3.14. The molecule has 0 aliphatic heterocycles. The Bertz CT molecular complexity index is 450. The van der Waals surface area contributed by atoms with Crippen molar-refractivity contribution in [3.05, 3.63) is 23.2 Å². The fraction of sp³-hybridized carbons (Fsp3) is 0.111. The first-order valence-corrected chi connectivity index (χ1v) is 4.74. The van der Waals surface area contributed by atoms with Gasteiger partial charge in [-0.2, -0.15) is 0 Å². The zero-order chi connectivity index (χ0) is 9.26. The number of thiophene rings is 1. The van der Waals surface area contributed by atoms with Gasteiger partial charge in [0.2, 0.25) is 0 Å². The monoisotopic (exact) mass is 192 g/mol. The largest absolute Gasteiger partial charge is 0.386 e. The second-order valence-corrected chi connectivity index (χ2v) is 3.51. The summed E-state index contributed by atoms with van der Waals surface area (Å²) >= 11 is 1.58. The van der Waals surface area contributed by atoms with Crippen LogP contribution in [-0.4, -0.2) is 18.3 Å². The van der Waals surface area contributed by atoms with Crippen LogP contribution in [0.25, 0.3) is 10.2 Å². The molecule has 2 rings (SSSR count). The third-order valence-electron chi connectivity index (χ3n) is 1.88. The second-order valence-electron chi connectivity index (χ2n) is 2.59. The molecule has 2 aromatic rings. The third-order valence-corrected chi connectivity index (χ3v) is 2.80. The van der Waals surface area contributed by atoms with Crippen molar-refractivity contribution in [2.75, 3.05) is 12.4 Å². The van der Waals surface area contributed by atoms with Crippen LogP contribution >= 0.6 is 11.3 Å². The predicted octanol–water partition coefficient (Wildman–Crippen LogP) is 2.15. The summed E-state index contributed by atoms with van der Waals surface area (Å²) in [4.78, 5) is 14.8. The molecule has 1 N–H and O–H groups in total. The maximum Gasteiger partial charge on any atom is 0.153 e. The van der Waals surface area contributed by atoms with E-state index in [1.807, 2.05) is 18.5 Å². The number of aldehydes is 1. The molecule has 0 unspecified atom stereocenters. The first-order valence-electron chi connectivity index (χ1n) is 3.86. The van der Waals surface area contributed by atoms with Gasteiger partial charge in [0.15, 0.2) is 6.29 Å². The Morgan fingerprint density at radius 1 is 1.62 bits per heavy atom. The molecule has 0 bridgehead atoms. The van der Waals surface area contributed by atoms with Crippen molar-refractivity contribution in [2.24, 2.45) is 0 Å². The van der Waals surface area contributed by atoms with Crippen molar-refractivity contribution in [1.29, 1.82) is 0 Å². The van der Waals surface area contributed by atoms with E-state index in [9.17, 15) is 4.79 Å². The van der Waals surface area contributed by atoms with Crippen molar-refractivity contribution in [1.82, 2.24) is 4.98 Å². The van der Waals surface area contributed by atoms with E-state index in [0.29, 0.717) is 5.56 Å². The molecule has 0 saturated heterocycles. The van der Waals surface area contributed by atoms with Gasteiger partial charge >= 0.3 is 0 Å². The SMILES string of the molecule is CNc1c(C=O)cnc2ccsc12. The van der Waals surface area contributed by atoms with Gasteiger partial charge in [0.25, 0.3) is 0 Å². The van der Waals surface area contributed by atoms with Gasteiger partial charge in [-0.05, 0) is 11.4 Å². The van der Waals surface area contributed by atoms with E-state index < -0.39 is 0 Å². The molecule has 2 aromatic heterocycles. The molecule has 0 saturated carbocycles. The Hall–Kier alpha value is -1.42. The lowest BCUT2D eigenvalue weighted by atomic mass is 10.2. The minimum Gasteiger partial charge on any atom is -0.386 e. The maximum absolute atomic E-state index is 10.7. The van der Waals surface area contributed by atoms with Crippen molar-refractivity contribution >= 4 is 33.5 Å². The predicted molar refractivity (Wildman–Crippen MR) is 54.6 cm³/mol. The summed E-state index contributed by atoms with van der Waals surface area (Å²) < 4.78 is 1.03. The fourth-order valence-corrected chi connectivity index (χ4v) is 2.19. The summed E-state index contributed by atoms with van der Waals surface area (Å²) in [6.45, 7) is 0. The Morgan fingerprint density at radius 2 is 2.46 bits per heavy atom. The van der Waals surface area contributed by atoms with Gasteiger partial charge in [-0.25, -0.2) is 0 Å². The molecule has 0 spiro atoms. The number of rotatable bonds is 2. The molecule has 0 amide bonds. The summed E-state index contributed by atoms with van der Waals surface area (Å²) in [6.07, 6.45) is 2.41.